The van der Waals surface area contributed by atoms with Crippen molar-refractivity contribution in [2.24, 2.45) is 0 Å². The van der Waals surface area contributed by atoms with Crippen molar-refractivity contribution < 1.29 is 28.6 Å². The van der Waals surface area contributed by atoms with Gasteiger partial charge in [-0.2, -0.15) is 0 Å². The summed E-state index contributed by atoms with van der Waals surface area (Å²) in [5.74, 6) is -0.639. The number of Topliss-reactive ketones (excluding diaryl/α,β-unsaturated/α-hetero) is 1. The first-order valence-electron chi connectivity index (χ1n) is 13.0. The quantitative estimate of drug-likeness (QED) is 0.356. The molecule has 5 rings (SSSR count). The van der Waals surface area contributed by atoms with Gasteiger partial charge in [0.2, 0.25) is 0 Å². The Labute approximate surface area is 222 Å². The fourth-order valence-corrected chi connectivity index (χ4v) is 5.03. The Kier molecular flexibility index (Phi) is 7.84. The van der Waals surface area contributed by atoms with E-state index in [0.29, 0.717) is 12.8 Å². The van der Waals surface area contributed by atoms with Crippen molar-refractivity contribution in [3.8, 4) is 11.1 Å². The van der Waals surface area contributed by atoms with Gasteiger partial charge in [-0.1, -0.05) is 78.9 Å². The van der Waals surface area contributed by atoms with Crippen LogP contribution in [0.2, 0.25) is 0 Å². The molecule has 0 spiro atoms. The molecule has 2 aliphatic carbocycles. The third kappa shape index (κ3) is 5.63. The summed E-state index contributed by atoms with van der Waals surface area (Å²) in [6, 6.07) is 25.7. The van der Waals surface area contributed by atoms with Gasteiger partial charge in [0.15, 0.2) is 11.4 Å². The second-order valence-electron chi connectivity index (χ2n) is 9.73. The number of carbonyl (C=O) groups is 3. The van der Waals surface area contributed by atoms with Crippen molar-refractivity contribution in [3.05, 3.63) is 95.6 Å². The maximum absolute atomic E-state index is 12.6. The van der Waals surface area contributed by atoms with Gasteiger partial charge in [-0.3, -0.25) is 4.79 Å². The molecule has 7 heteroatoms. The highest BCUT2D eigenvalue weighted by molar-refractivity contribution is 5.84. The summed E-state index contributed by atoms with van der Waals surface area (Å²) in [7, 11) is 0. The van der Waals surface area contributed by atoms with Gasteiger partial charge in [0.05, 0.1) is 13.2 Å². The first kappa shape index (κ1) is 25.7. The molecule has 0 heterocycles. The Morgan fingerprint density at radius 1 is 0.816 bits per heavy atom. The molecule has 0 radical (unpaired) electrons. The van der Waals surface area contributed by atoms with Crippen LogP contribution in [0.25, 0.3) is 11.1 Å². The van der Waals surface area contributed by atoms with E-state index < -0.39 is 17.7 Å². The molecule has 0 atom stereocenters. The monoisotopic (exact) mass is 513 g/mol. The lowest BCUT2D eigenvalue weighted by Gasteiger charge is -2.38. The normalized spacial score (nSPS) is 15.1. The molecule has 0 saturated heterocycles. The van der Waals surface area contributed by atoms with Crippen LogP contribution in [0.5, 0.6) is 0 Å². The number of benzene rings is 3. The summed E-state index contributed by atoms with van der Waals surface area (Å²) in [6.07, 6.45) is 1.47. The molecule has 0 bridgehead atoms. The van der Waals surface area contributed by atoms with Gasteiger partial charge < -0.3 is 19.5 Å². The number of amides is 1. The SMILES string of the molecule is O=C(CCOC1(C(=O)OCc2ccccc2)CCC1)CNC(=O)OCC1c2ccccc2-c2ccccc21. The number of hydrogen-bond donors (Lipinski definition) is 1. The van der Waals surface area contributed by atoms with Crippen molar-refractivity contribution in [2.45, 2.75) is 43.8 Å². The lowest BCUT2D eigenvalue weighted by Crippen LogP contribution is -2.49. The summed E-state index contributed by atoms with van der Waals surface area (Å²) in [6.45, 7) is 0.301. The number of nitrogens with one attached hydrogen (secondary N) is 1. The van der Waals surface area contributed by atoms with Crippen molar-refractivity contribution >= 4 is 17.8 Å². The third-order valence-electron chi connectivity index (χ3n) is 7.28. The highest BCUT2D eigenvalue weighted by Crippen LogP contribution is 2.44. The molecule has 0 aliphatic heterocycles. The van der Waals surface area contributed by atoms with Gasteiger partial charge in [0, 0.05) is 12.3 Å². The molecule has 1 fully saturated rings. The van der Waals surface area contributed by atoms with Crippen molar-refractivity contribution in [1.82, 2.24) is 5.32 Å². The molecule has 196 valence electrons. The average molecular weight is 514 g/mol. The molecule has 38 heavy (non-hydrogen) atoms. The highest BCUT2D eigenvalue weighted by atomic mass is 16.6. The van der Waals surface area contributed by atoms with Gasteiger partial charge in [0.1, 0.15) is 13.2 Å². The zero-order valence-corrected chi connectivity index (χ0v) is 21.2. The molecule has 1 N–H and O–H groups in total. The van der Waals surface area contributed by atoms with Crippen LogP contribution in [0.3, 0.4) is 0 Å². The van der Waals surface area contributed by atoms with Crippen molar-refractivity contribution in [3.63, 3.8) is 0 Å². The van der Waals surface area contributed by atoms with E-state index in [2.05, 4.69) is 29.6 Å². The largest absolute Gasteiger partial charge is 0.459 e. The molecule has 3 aromatic carbocycles. The van der Waals surface area contributed by atoms with Gasteiger partial charge >= 0.3 is 12.1 Å². The van der Waals surface area contributed by atoms with E-state index >= 15 is 0 Å². The fraction of sp³-hybridized carbons (Fsp3) is 0.323. The molecule has 1 amide bonds. The second kappa shape index (κ2) is 11.6. The van der Waals surface area contributed by atoms with Crippen LogP contribution in [-0.2, 0) is 30.4 Å². The van der Waals surface area contributed by atoms with Crippen LogP contribution >= 0.6 is 0 Å². The summed E-state index contributed by atoms with van der Waals surface area (Å²) in [5, 5.41) is 2.53. The third-order valence-corrected chi connectivity index (χ3v) is 7.28. The molecule has 1 saturated carbocycles. The number of rotatable bonds is 11. The van der Waals surface area contributed by atoms with E-state index in [0.717, 1.165) is 34.2 Å². The molecular formula is C31H31NO6. The van der Waals surface area contributed by atoms with Gasteiger partial charge in [-0.25, -0.2) is 9.59 Å². The predicted molar refractivity (Wildman–Crippen MR) is 141 cm³/mol. The molecule has 2 aliphatic rings. The van der Waals surface area contributed by atoms with Gasteiger partial charge in [0.25, 0.3) is 0 Å². The van der Waals surface area contributed by atoms with Crippen LogP contribution in [0.4, 0.5) is 4.79 Å². The number of fused-ring (bicyclic) bond motifs is 3. The van der Waals surface area contributed by atoms with Crippen LogP contribution in [0.15, 0.2) is 78.9 Å². The number of ketones is 1. The first-order chi connectivity index (χ1) is 18.6. The highest BCUT2D eigenvalue weighted by Gasteiger charge is 2.47. The van der Waals surface area contributed by atoms with Crippen LogP contribution in [0.1, 0.15) is 48.3 Å². The van der Waals surface area contributed by atoms with E-state index in [1.807, 2.05) is 54.6 Å². The Hall–Kier alpha value is -3.97. The minimum Gasteiger partial charge on any atom is -0.459 e. The van der Waals surface area contributed by atoms with Crippen molar-refractivity contribution in [1.29, 1.82) is 0 Å². The lowest BCUT2D eigenvalue weighted by molar-refractivity contribution is -0.187. The smallest absolute Gasteiger partial charge is 0.407 e. The Morgan fingerprint density at radius 3 is 2.08 bits per heavy atom. The minimum atomic E-state index is -0.977. The molecule has 0 aromatic heterocycles. The average Bonchev–Trinajstić information content (AvgIpc) is 3.25. The summed E-state index contributed by atoms with van der Waals surface area (Å²) in [5.41, 5.74) is 4.49. The maximum Gasteiger partial charge on any atom is 0.407 e. The van der Waals surface area contributed by atoms with Crippen LogP contribution in [0, 0.1) is 0 Å². The molecular weight excluding hydrogens is 482 g/mol. The topological polar surface area (TPSA) is 90.9 Å². The zero-order valence-electron chi connectivity index (χ0n) is 21.2. The summed E-state index contributed by atoms with van der Waals surface area (Å²) in [4.78, 5) is 37.3. The number of esters is 1. The van der Waals surface area contributed by atoms with Crippen molar-refractivity contribution in [2.75, 3.05) is 19.8 Å². The van der Waals surface area contributed by atoms with E-state index in [1.54, 1.807) is 0 Å². The predicted octanol–water partition coefficient (Wildman–Crippen LogP) is 5.17. The van der Waals surface area contributed by atoms with Gasteiger partial charge in [-0.15, -0.1) is 0 Å². The summed E-state index contributed by atoms with van der Waals surface area (Å²) < 4.78 is 16.8. The van der Waals surface area contributed by atoms with Crippen LogP contribution in [-0.4, -0.2) is 43.2 Å². The number of hydrogen-bond acceptors (Lipinski definition) is 6. The standard InChI is InChI=1S/C31H31NO6/c33-23(15-18-38-31(16-8-17-31)29(34)36-20-22-9-2-1-3-10-22)19-32-30(35)37-21-28-26-13-6-4-11-24(26)25-12-5-7-14-27(25)28/h1-7,9-14,28H,8,15-21H2,(H,32,35). The Morgan fingerprint density at radius 2 is 1.45 bits per heavy atom. The van der Waals surface area contributed by atoms with Crippen LogP contribution < -0.4 is 5.32 Å². The maximum atomic E-state index is 12.6. The molecule has 3 aromatic rings. The minimum absolute atomic E-state index is 0.0439. The zero-order chi connectivity index (χ0) is 26.4. The van der Waals surface area contributed by atoms with E-state index in [9.17, 15) is 14.4 Å². The molecule has 7 nitrogen and oxygen atoms in total. The first-order valence-corrected chi connectivity index (χ1v) is 13.0. The van der Waals surface area contributed by atoms with E-state index in [1.165, 1.54) is 0 Å². The second-order valence-corrected chi connectivity index (χ2v) is 9.73. The Bertz CT molecular complexity index is 1250. The number of alkyl carbamates (subject to hydrolysis) is 1. The molecule has 0 unspecified atom stereocenters. The Balaban J connectivity index is 1.03. The van der Waals surface area contributed by atoms with E-state index in [4.69, 9.17) is 14.2 Å². The number of ether oxygens (including phenoxy) is 3. The lowest BCUT2D eigenvalue weighted by atomic mass is 9.80. The fourth-order valence-electron chi connectivity index (χ4n) is 5.03. The number of carbonyl (C=O) groups excluding carboxylic acids is 3. The van der Waals surface area contributed by atoms with E-state index in [-0.39, 0.29) is 44.5 Å². The summed E-state index contributed by atoms with van der Waals surface area (Å²) >= 11 is 0. The van der Waals surface area contributed by atoms with Gasteiger partial charge in [-0.05, 0) is 47.1 Å².